The fraction of sp³-hybridized carbons (Fsp3) is 0.250. The van der Waals surface area contributed by atoms with E-state index >= 15 is 0 Å². The van der Waals surface area contributed by atoms with Crippen LogP contribution in [0.25, 0.3) is 10.9 Å². The van der Waals surface area contributed by atoms with Crippen molar-refractivity contribution in [2.24, 2.45) is 5.73 Å². The highest BCUT2D eigenvalue weighted by atomic mass is 35.5. The fourth-order valence-corrected chi connectivity index (χ4v) is 1.97. The largest absolute Gasteiger partial charge is 0.418 e. The van der Waals surface area contributed by atoms with Crippen LogP contribution in [-0.4, -0.2) is 11.5 Å². The summed E-state index contributed by atoms with van der Waals surface area (Å²) in [4.78, 5) is 4.01. The average Bonchev–Trinajstić information content (AvgIpc) is 2.27. The Labute approximate surface area is 107 Å². The molecule has 2 rings (SSSR count). The number of hydrogen-bond donors (Lipinski definition) is 1. The number of nitrogens with two attached hydrogens (primary N) is 1. The second-order valence-electron chi connectivity index (χ2n) is 3.86. The Morgan fingerprint density at radius 3 is 2.56 bits per heavy atom. The molecule has 0 aliphatic rings. The van der Waals surface area contributed by atoms with Crippen LogP contribution in [0.1, 0.15) is 11.3 Å². The zero-order valence-electron chi connectivity index (χ0n) is 9.26. The number of aromatic nitrogens is 1. The molecule has 0 radical (unpaired) electrons. The van der Waals surface area contributed by atoms with E-state index < -0.39 is 11.7 Å². The number of fused-ring (bicyclic) bond motifs is 1. The summed E-state index contributed by atoms with van der Waals surface area (Å²) in [5.74, 6) is 0. The molecule has 1 aromatic carbocycles. The van der Waals surface area contributed by atoms with Gasteiger partial charge in [-0.25, -0.2) is 0 Å². The molecule has 0 atom stereocenters. The molecule has 6 heteroatoms. The van der Waals surface area contributed by atoms with Crippen molar-refractivity contribution in [1.29, 1.82) is 0 Å². The zero-order valence-corrected chi connectivity index (χ0v) is 10.0. The molecule has 2 N–H and O–H groups in total. The second kappa shape index (κ2) is 4.74. The lowest BCUT2D eigenvalue weighted by Gasteiger charge is -2.11. The third-order valence-electron chi connectivity index (χ3n) is 2.52. The van der Waals surface area contributed by atoms with Gasteiger partial charge in [0.1, 0.15) is 0 Å². The van der Waals surface area contributed by atoms with Gasteiger partial charge in [0.15, 0.2) is 0 Å². The van der Waals surface area contributed by atoms with Gasteiger partial charge in [-0.3, -0.25) is 4.98 Å². The smallest absolute Gasteiger partial charge is 0.330 e. The first-order valence-electron chi connectivity index (χ1n) is 5.28. The minimum Gasteiger partial charge on any atom is -0.330 e. The number of alkyl halides is 3. The Morgan fingerprint density at radius 1 is 1.22 bits per heavy atom. The van der Waals surface area contributed by atoms with E-state index in [0.29, 0.717) is 24.0 Å². The van der Waals surface area contributed by atoms with E-state index in [-0.39, 0.29) is 10.5 Å². The normalized spacial score (nSPS) is 12.1. The third-order valence-corrected chi connectivity index (χ3v) is 2.74. The minimum atomic E-state index is -4.47. The molecular formula is C12H10ClF3N2. The van der Waals surface area contributed by atoms with E-state index in [2.05, 4.69) is 4.98 Å². The van der Waals surface area contributed by atoms with Crippen molar-refractivity contribution in [3.05, 3.63) is 40.5 Å². The Bertz CT molecular complexity index is 581. The molecular weight excluding hydrogens is 265 g/mol. The highest BCUT2D eigenvalue weighted by Gasteiger charge is 2.33. The van der Waals surface area contributed by atoms with Gasteiger partial charge in [-0.15, -0.1) is 0 Å². The summed E-state index contributed by atoms with van der Waals surface area (Å²) in [6.45, 7) is 0.341. The quantitative estimate of drug-likeness (QED) is 0.911. The highest BCUT2D eigenvalue weighted by molar-refractivity contribution is 6.31. The number of pyridine rings is 1. The molecule has 0 fully saturated rings. The molecule has 0 spiro atoms. The van der Waals surface area contributed by atoms with Gasteiger partial charge < -0.3 is 5.73 Å². The van der Waals surface area contributed by atoms with Gasteiger partial charge in [-0.1, -0.05) is 17.7 Å². The lowest BCUT2D eigenvalue weighted by Crippen LogP contribution is -2.09. The van der Waals surface area contributed by atoms with Crippen LogP contribution >= 0.6 is 11.6 Å². The van der Waals surface area contributed by atoms with Gasteiger partial charge >= 0.3 is 6.18 Å². The first kappa shape index (κ1) is 13.1. The van der Waals surface area contributed by atoms with Crippen molar-refractivity contribution in [2.75, 3.05) is 6.54 Å². The summed E-state index contributed by atoms with van der Waals surface area (Å²) < 4.78 is 38.7. The van der Waals surface area contributed by atoms with Gasteiger partial charge in [0.05, 0.1) is 11.1 Å². The third kappa shape index (κ3) is 2.57. The van der Waals surface area contributed by atoms with Gasteiger partial charge in [0, 0.05) is 22.5 Å². The average molecular weight is 275 g/mol. The molecule has 1 aromatic heterocycles. The summed E-state index contributed by atoms with van der Waals surface area (Å²) in [5.41, 5.74) is 5.01. The van der Waals surface area contributed by atoms with E-state index in [1.807, 2.05) is 0 Å². The van der Waals surface area contributed by atoms with Crippen LogP contribution in [0.3, 0.4) is 0 Å². The molecule has 0 saturated carbocycles. The van der Waals surface area contributed by atoms with E-state index in [4.69, 9.17) is 17.3 Å². The minimum absolute atomic E-state index is 0.0446. The van der Waals surface area contributed by atoms with Gasteiger partial charge in [-0.05, 0) is 24.7 Å². The first-order valence-corrected chi connectivity index (χ1v) is 5.66. The second-order valence-corrected chi connectivity index (χ2v) is 4.30. The maximum atomic E-state index is 12.9. The predicted octanol–water partition coefficient (Wildman–Crippen LogP) is 3.41. The summed E-state index contributed by atoms with van der Waals surface area (Å²) in [6.07, 6.45) is -4.03. The summed E-state index contributed by atoms with van der Waals surface area (Å²) in [6, 6.07) is 5.59. The van der Waals surface area contributed by atoms with Crippen LogP contribution in [0, 0.1) is 0 Å². The van der Waals surface area contributed by atoms with Crippen LogP contribution in [0.15, 0.2) is 24.3 Å². The molecule has 0 amide bonds. The van der Waals surface area contributed by atoms with Crippen molar-refractivity contribution < 1.29 is 13.2 Å². The highest BCUT2D eigenvalue weighted by Crippen LogP contribution is 2.36. The van der Waals surface area contributed by atoms with E-state index in [0.717, 1.165) is 6.07 Å². The van der Waals surface area contributed by atoms with Crippen LogP contribution < -0.4 is 5.73 Å². The van der Waals surface area contributed by atoms with Crippen LogP contribution in [-0.2, 0) is 12.6 Å². The maximum absolute atomic E-state index is 12.9. The Balaban J connectivity index is 2.70. The molecule has 0 aliphatic carbocycles. The van der Waals surface area contributed by atoms with E-state index in [1.165, 1.54) is 6.07 Å². The van der Waals surface area contributed by atoms with E-state index in [9.17, 15) is 13.2 Å². The van der Waals surface area contributed by atoms with Crippen LogP contribution in [0.4, 0.5) is 13.2 Å². The molecule has 0 saturated heterocycles. The molecule has 0 aliphatic heterocycles. The number of hydrogen-bond acceptors (Lipinski definition) is 2. The zero-order chi connectivity index (χ0) is 13.3. The van der Waals surface area contributed by atoms with E-state index in [1.54, 1.807) is 12.1 Å². The molecule has 96 valence electrons. The Morgan fingerprint density at radius 2 is 1.94 bits per heavy atom. The summed E-state index contributed by atoms with van der Waals surface area (Å²) in [7, 11) is 0. The lowest BCUT2D eigenvalue weighted by atomic mass is 10.1. The molecule has 1 heterocycles. The topological polar surface area (TPSA) is 38.9 Å². The molecule has 18 heavy (non-hydrogen) atoms. The predicted molar refractivity (Wildman–Crippen MR) is 64.5 cm³/mol. The lowest BCUT2D eigenvalue weighted by molar-refractivity contribution is -0.136. The van der Waals surface area contributed by atoms with Gasteiger partial charge in [0.2, 0.25) is 0 Å². The SMILES string of the molecule is NCCc1ccc2cc(Cl)cc(C(F)(F)F)c2n1. The standard InChI is InChI=1S/C12H10ClF3N2/c13-8-5-7-1-2-9(3-4-17)18-11(7)10(6-8)12(14,15)16/h1-2,5-6H,3-4,17H2. The van der Waals surface area contributed by atoms with Crippen molar-refractivity contribution in [3.63, 3.8) is 0 Å². The number of rotatable bonds is 2. The fourth-order valence-electron chi connectivity index (χ4n) is 1.74. The molecule has 2 aromatic rings. The van der Waals surface area contributed by atoms with Crippen LogP contribution in [0.5, 0.6) is 0 Å². The Hall–Kier alpha value is -1.33. The Kier molecular flexibility index (Phi) is 3.45. The van der Waals surface area contributed by atoms with Crippen molar-refractivity contribution >= 4 is 22.5 Å². The molecule has 2 nitrogen and oxygen atoms in total. The number of benzene rings is 1. The van der Waals surface area contributed by atoms with Gasteiger partial charge in [0.25, 0.3) is 0 Å². The monoisotopic (exact) mass is 274 g/mol. The van der Waals surface area contributed by atoms with Crippen molar-refractivity contribution in [2.45, 2.75) is 12.6 Å². The molecule has 0 bridgehead atoms. The summed E-state index contributed by atoms with van der Waals surface area (Å²) in [5, 5.41) is 0.416. The van der Waals surface area contributed by atoms with Crippen molar-refractivity contribution in [3.8, 4) is 0 Å². The number of nitrogens with zero attached hydrogens (tertiary/aromatic N) is 1. The molecule has 0 unspecified atom stereocenters. The van der Waals surface area contributed by atoms with Crippen molar-refractivity contribution in [1.82, 2.24) is 4.98 Å². The first-order chi connectivity index (χ1) is 8.41. The summed E-state index contributed by atoms with van der Waals surface area (Å²) >= 11 is 5.68. The maximum Gasteiger partial charge on any atom is 0.418 e. The number of halogens is 4. The van der Waals surface area contributed by atoms with Crippen LogP contribution in [0.2, 0.25) is 5.02 Å². The van der Waals surface area contributed by atoms with Gasteiger partial charge in [-0.2, -0.15) is 13.2 Å².